The lowest BCUT2D eigenvalue weighted by Crippen LogP contribution is -2.57. The molecule has 0 unspecified atom stereocenters. The number of hydrogen-bond donors (Lipinski definition) is 1. The summed E-state index contributed by atoms with van der Waals surface area (Å²) < 4.78 is 25.5. The largest absolute Gasteiger partial charge is 0.351 e. The van der Waals surface area contributed by atoms with E-state index in [0.29, 0.717) is 25.6 Å². The molecule has 2 aromatic heterocycles. The quantitative estimate of drug-likeness (QED) is 0.394. The maximum Gasteiger partial charge on any atom is 0.194 e. The number of pyridine rings is 1. The minimum Gasteiger partial charge on any atom is -0.351 e. The molecule has 1 aliphatic heterocycles. The molecule has 1 saturated heterocycles. The zero-order chi connectivity index (χ0) is 18.2. The van der Waals surface area contributed by atoms with Gasteiger partial charge in [0.2, 0.25) is 0 Å². The van der Waals surface area contributed by atoms with Crippen LogP contribution in [0.2, 0.25) is 0 Å². The van der Waals surface area contributed by atoms with Crippen LogP contribution in [0, 0.1) is 6.92 Å². The second-order valence-corrected chi connectivity index (χ2v) is 9.85. The molecule has 1 fully saturated rings. The summed E-state index contributed by atoms with van der Waals surface area (Å²) in [5, 5.41) is 3.30. The Hall–Kier alpha value is -1.36. The van der Waals surface area contributed by atoms with Crippen LogP contribution in [-0.2, 0) is 16.4 Å². The number of nitrogens with one attached hydrogen (secondary N) is 1. The molecular weight excluding hydrogens is 465 g/mol. The number of halogens is 1. The molecule has 9 heteroatoms. The van der Waals surface area contributed by atoms with E-state index in [0.717, 1.165) is 11.3 Å². The fourth-order valence-corrected chi connectivity index (χ4v) is 4.41. The standard InChI is InChI=1S/C17H25N5O2S.HI/c1-13-5-6-21-11-14(20-15(21)9-13)10-19-16(18-4)22-7-8-25(23,24)17(2,3)12-22;/h5-6,9,11H,7-8,10,12H2,1-4H3,(H,18,19);1H. The van der Waals surface area contributed by atoms with Gasteiger partial charge in [-0.1, -0.05) is 0 Å². The molecule has 3 rings (SSSR count). The molecule has 0 aliphatic carbocycles. The number of aliphatic imine (C=N–C) groups is 1. The maximum atomic E-state index is 12.2. The molecule has 0 bridgehead atoms. The summed E-state index contributed by atoms with van der Waals surface area (Å²) in [4.78, 5) is 10.9. The molecule has 0 saturated carbocycles. The van der Waals surface area contributed by atoms with Crippen LogP contribution in [0.5, 0.6) is 0 Å². The Morgan fingerprint density at radius 1 is 1.42 bits per heavy atom. The van der Waals surface area contributed by atoms with Crippen molar-refractivity contribution in [3.63, 3.8) is 0 Å². The number of nitrogens with zero attached hydrogens (tertiary/aromatic N) is 4. The van der Waals surface area contributed by atoms with Crippen molar-refractivity contribution < 1.29 is 8.42 Å². The Bertz CT molecular complexity index is 920. The smallest absolute Gasteiger partial charge is 0.194 e. The van der Waals surface area contributed by atoms with E-state index in [4.69, 9.17) is 0 Å². The van der Waals surface area contributed by atoms with Gasteiger partial charge in [0.15, 0.2) is 15.8 Å². The number of fused-ring (bicyclic) bond motifs is 1. The van der Waals surface area contributed by atoms with Gasteiger partial charge in [-0.3, -0.25) is 4.99 Å². The highest BCUT2D eigenvalue weighted by atomic mass is 127. The van der Waals surface area contributed by atoms with E-state index in [1.807, 2.05) is 40.8 Å². The lowest BCUT2D eigenvalue weighted by Gasteiger charge is -2.39. The van der Waals surface area contributed by atoms with E-state index in [1.165, 1.54) is 5.56 Å². The summed E-state index contributed by atoms with van der Waals surface area (Å²) >= 11 is 0. The van der Waals surface area contributed by atoms with Crippen LogP contribution in [-0.4, -0.2) is 59.3 Å². The summed E-state index contributed by atoms with van der Waals surface area (Å²) in [6.45, 7) is 7.01. The van der Waals surface area contributed by atoms with Crippen molar-refractivity contribution in [2.45, 2.75) is 32.1 Å². The van der Waals surface area contributed by atoms with Crippen LogP contribution in [0.1, 0.15) is 25.1 Å². The molecular formula is C17H26IN5O2S. The first-order chi connectivity index (χ1) is 11.7. The van der Waals surface area contributed by atoms with Gasteiger partial charge in [0, 0.05) is 32.5 Å². The minimum atomic E-state index is -3.06. The van der Waals surface area contributed by atoms with Crippen molar-refractivity contribution in [2.75, 3.05) is 25.9 Å². The summed E-state index contributed by atoms with van der Waals surface area (Å²) in [6, 6.07) is 4.08. The van der Waals surface area contributed by atoms with E-state index < -0.39 is 14.6 Å². The fourth-order valence-electron chi connectivity index (χ4n) is 3.05. The minimum absolute atomic E-state index is 0. The first-order valence-corrected chi connectivity index (χ1v) is 9.99. The van der Waals surface area contributed by atoms with Gasteiger partial charge in [-0.15, -0.1) is 24.0 Å². The molecule has 144 valence electrons. The summed E-state index contributed by atoms with van der Waals surface area (Å²) in [7, 11) is -1.35. The average molecular weight is 491 g/mol. The van der Waals surface area contributed by atoms with Crippen molar-refractivity contribution in [3.05, 3.63) is 35.8 Å². The van der Waals surface area contributed by atoms with E-state index in [2.05, 4.69) is 15.3 Å². The van der Waals surface area contributed by atoms with Crippen molar-refractivity contribution in [1.82, 2.24) is 19.6 Å². The van der Waals surface area contributed by atoms with E-state index in [1.54, 1.807) is 20.9 Å². The van der Waals surface area contributed by atoms with Crippen LogP contribution in [0.4, 0.5) is 0 Å². The van der Waals surface area contributed by atoms with Gasteiger partial charge in [-0.05, 0) is 38.5 Å². The van der Waals surface area contributed by atoms with Crippen LogP contribution < -0.4 is 5.32 Å². The highest BCUT2D eigenvalue weighted by Crippen LogP contribution is 2.23. The third-order valence-corrected chi connectivity index (χ3v) is 7.18. The molecule has 0 radical (unpaired) electrons. The molecule has 0 atom stereocenters. The molecule has 0 amide bonds. The predicted molar refractivity (Wildman–Crippen MR) is 115 cm³/mol. The van der Waals surface area contributed by atoms with Crippen molar-refractivity contribution in [2.24, 2.45) is 4.99 Å². The summed E-state index contributed by atoms with van der Waals surface area (Å²) in [5.74, 6) is 0.852. The number of rotatable bonds is 2. The van der Waals surface area contributed by atoms with Crippen LogP contribution in [0.15, 0.2) is 29.5 Å². The second kappa shape index (κ2) is 7.71. The van der Waals surface area contributed by atoms with E-state index in [9.17, 15) is 8.42 Å². The van der Waals surface area contributed by atoms with E-state index >= 15 is 0 Å². The zero-order valence-electron chi connectivity index (χ0n) is 15.6. The zero-order valence-corrected chi connectivity index (χ0v) is 18.7. The van der Waals surface area contributed by atoms with Gasteiger partial charge in [-0.25, -0.2) is 13.4 Å². The Balaban J connectivity index is 0.00000243. The number of aryl methyl sites for hydroxylation is 1. The number of sulfone groups is 1. The monoisotopic (exact) mass is 491 g/mol. The first-order valence-electron chi connectivity index (χ1n) is 8.34. The third kappa shape index (κ3) is 4.13. The molecule has 0 aromatic carbocycles. The Morgan fingerprint density at radius 2 is 2.15 bits per heavy atom. The second-order valence-electron chi connectivity index (χ2n) is 7.10. The van der Waals surface area contributed by atoms with Crippen LogP contribution in [0.3, 0.4) is 0 Å². The summed E-state index contributed by atoms with van der Waals surface area (Å²) in [5.41, 5.74) is 3.00. The highest BCUT2D eigenvalue weighted by Gasteiger charge is 2.40. The maximum absolute atomic E-state index is 12.2. The molecule has 26 heavy (non-hydrogen) atoms. The lowest BCUT2D eigenvalue weighted by atomic mass is 10.2. The normalized spacial score (nSPS) is 19.2. The molecule has 2 aromatic rings. The van der Waals surface area contributed by atoms with Gasteiger partial charge < -0.3 is 14.6 Å². The molecule has 1 N–H and O–H groups in total. The Kier molecular flexibility index (Phi) is 6.21. The number of aromatic nitrogens is 2. The number of guanidine groups is 1. The summed E-state index contributed by atoms with van der Waals surface area (Å²) in [6.07, 6.45) is 3.98. The molecule has 7 nitrogen and oxygen atoms in total. The van der Waals surface area contributed by atoms with Crippen molar-refractivity contribution in [1.29, 1.82) is 0 Å². The number of hydrogen-bond acceptors (Lipinski definition) is 4. The first kappa shape index (κ1) is 20.9. The van der Waals surface area contributed by atoms with Gasteiger partial charge in [-0.2, -0.15) is 0 Å². The van der Waals surface area contributed by atoms with Crippen molar-refractivity contribution in [3.8, 4) is 0 Å². The predicted octanol–water partition coefficient (Wildman–Crippen LogP) is 1.85. The third-order valence-electron chi connectivity index (χ3n) is 4.65. The van der Waals surface area contributed by atoms with Gasteiger partial charge in [0.1, 0.15) is 5.65 Å². The number of imidazole rings is 1. The topological polar surface area (TPSA) is 79.1 Å². The molecule has 0 spiro atoms. The Labute approximate surface area is 171 Å². The van der Waals surface area contributed by atoms with Crippen LogP contribution >= 0.6 is 24.0 Å². The van der Waals surface area contributed by atoms with E-state index in [-0.39, 0.29) is 29.7 Å². The van der Waals surface area contributed by atoms with Gasteiger partial charge in [0.05, 0.1) is 22.7 Å². The van der Waals surface area contributed by atoms with Gasteiger partial charge >= 0.3 is 0 Å². The average Bonchev–Trinajstić information content (AvgIpc) is 2.93. The Morgan fingerprint density at radius 3 is 2.81 bits per heavy atom. The molecule has 1 aliphatic rings. The highest BCUT2D eigenvalue weighted by molar-refractivity contribution is 14.0. The van der Waals surface area contributed by atoms with Gasteiger partial charge in [0.25, 0.3) is 0 Å². The molecule has 3 heterocycles. The lowest BCUT2D eigenvalue weighted by molar-refractivity contribution is 0.353. The fraction of sp³-hybridized carbons (Fsp3) is 0.529. The SMILES string of the molecule is CN=C(NCc1cn2ccc(C)cc2n1)N1CCS(=O)(=O)C(C)(C)C1.I. The van der Waals surface area contributed by atoms with Crippen LogP contribution in [0.25, 0.3) is 5.65 Å². The van der Waals surface area contributed by atoms with Crippen molar-refractivity contribution >= 4 is 45.4 Å².